The highest BCUT2D eigenvalue weighted by Crippen LogP contribution is 2.35. The van der Waals surface area contributed by atoms with E-state index in [1.807, 2.05) is 12.1 Å². The molecule has 2 aromatic carbocycles. The average Bonchev–Trinajstić information content (AvgIpc) is 2.94. The van der Waals surface area contributed by atoms with Crippen molar-refractivity contribution in [1.82, 2.24) is 0 Å². The van der Waals surface area contributed by atoms with Crippen LogP contribution in [0.2, 0.25) is 0 Å². The Balaban J connectivity index is 1.94. The van der Waals surface area contributed by atoms with E-state index >= 15 is 0 Å². The lowest BCUT2D eigenvalue weighted by molar-refractivity contribution is -0.394. The van der Waals surface area contributed by atoms with E-state index in [1.165, 1.54) is 23.3 Å². The zero-order valence-corrected chi connectivity index (χ0v) is 11.5. The van der Waals surface area contributed by atoms with Crippen LogP contribution in [0.1, 0.15) is 17.5 Å². The molecule has 1 aliphatic rings. The SMILES string of the molecule is O=[N+]([O-])c1ccc(Oc2ccc3c(c2)CCC3)c([N+](=O)[O-])c1. The molecule has 0 N–H and O–H groups in total. The van der Waals surface area contributed by atoms with Crippen molar-refractivity contribution < 1.29 is 14.6 Å². The van der Waals surface area contributed by atoms with Crippen molar-refractivity contribution in [1.29, 1.82) is 0 Å². The minimum Gasteiger partial charge on any atom is -0.450 e. The number of rotatable bonds is 4. The summed E-state index contributed by atoms with van der Waals surface area (Å²) >= 11 is 0. The highest BCUT2D eigenvalue weighted by atomic mass is 16.6. The lowest BCUT2D eigenvalue weighted by atomic mass is 10.1. The second-order valence-corrected chi connectivity index (χ2v) is 5.05. The maximum Gasteiger partial charge on any atom is 0.318 e. The molecule has 2 aromatic rings. The molecule has 0 spiro atoms. The molecule has 0 saturated carbocycles. The van der Waals surface area contributed by atoms with Gasteiger partial charge < -0.3 is 4.74 Å². The third kappa shape index (κ3) is 2.60. The van der Waals surface area contributed by atoms with Crippen molar-refractivity contribution in [2.45, 2.75) is 19.3 Å². The van der Waals surface area contributed by atoms with Crippen molar-refractivity contribution in [3.63, 3.8) is 0 Å². The molecule has 7 heteroatoms. The summed E-state index contributed by atoms with van der Waals surface area (Å²) in [7, 11) is 0. The van der Waals surface area contributed by atoms with Crippen molar-refractivity contribution in [3.8, 4) is 11.5 Å². The molecule has 0 amide bonds. The van der Waals surface area contributed by atoms with E-state index in [-0.39, 0.29) is 11.4 Å². The largest absolute Gasteiger partial charge is 0.450 e. The summed E-state index contributed by atoms with van der Waals surface area (Å²) in [6, 6.07) is 8.93. The van der Waals surface area contributed by atoms with E-state index in [1.54, 1.807) is 6.07 Å². The predicted molar refractivity (Wildman–Crippen MR) is 78.3 cm³/mol. The second kappa shape index (κ2) is 5.44. The van der Waals surface area contributed by atoms with Crippen LogP contribution >= 0.6 is 0 Å². The number of nitrogens with zero attached hydrogens (tertiary/aromatic N) is 2. The number of hydrogen-bond donors (Lipinski definition) is 0. The van der Waals surface area contributed by atoms with Gasteiger partial charge in [-0.15, -0.1) is 0 Å². The van der Waals surface area contributed by atoms with Crippen LogP contribution in [0.25, 0.3) is 0 Å². The zero-order chi connectivity index (χ0) is 15.7. The highest BCUT2D eigenvalue weighted by molar-refractivity contribution is 5.55. The smallest absolute Gasteiger partial charge is 0.318 e. The number of non-ortho nitro benzene ring substituents is 1. The summed E-state index contributed by atoms with van der Waals surface area (Å²) in [6.45, 7) is 0. The molecule has 22 heavy (non-hydrogen) atoms. The third-order valence-electron chi connectivity index (χ3n) is 3.65. The molecular weight excluding hydrogens is 288 g/mol. The summed E-state index contributed by atoms with van der Waals surface area (Å²) in [6.07, 6.45) is 3.10. The van der Waals surface area contributed by atoms with Crippen LogP contribution in [0, 0.1) is 20.2 Å². The average molecular weight is 300 g/mol. The number of aryl methyl sites for hydroxylation is 2. The molecule has 0 unspecified atom stereocenters. The normalized spacial score (nSPS) is 12.7. The van der Waals surface area contributed by atoms with Crippen LogP contribution in [0.4, 0.5) is 11.4 Å². The molecule has 112 valence electrons. The van der Waals surface area contributed by atoms with E-state index in [4.69, 9.17) is 4.74 Å². The first-order valence-electron chi connectivity index (χ1n) is 6.77. The number of fused-ring (bicyclic) bond motifs is 1. The number of hydrogen-bond acceptors (Lipinski definition) is 5. The number of nitro benzene ring substituents is 2. The van der Waals surface area contributed by atoms with Crippen molar-refractivity contribution in [2.24, 2.45) is 0 Å². The van der Waals surface area contributed by atoms with Crippen molar-refractivity contribution in [3.05, 3.63) is 67.8 Å². The fraction of sp³-hybridized carbons (Fsp3) is 0.200. The van der Waals surface area contributed by atoms with Crippen LogP contribution in [0.3, 0.4) is 0 Å². The number of nitro groups is 2. The first-order valence-corrected chi connectivity index (χ1v) is 6.77. The van der Waals surface area contributed by atoms with Gasteiger partial charge in [-0.25, -0.2) is 0 Å². The van der Waals surface area contributed by atoms with Gasteiger partial charge >= 0.3 is 5.69 Å². The highest BCUT2D eigenvalue weighted by Gasteiger charge is 2.21. The molecule has 0 aromatic heterocycles. The van der Waals surface area contributed by atoms with Gasteiger partial charge in [-0.1, -0.05) is 6.07 Å². The molecule has 0 fully saturated rings. The monoisotopic (exact) mass is 300 g/mol. The Morgan fingerprint density at radius 2 is 1.68 bits per heavy atom. The molecule has 0 heterocycles. The fourth-order valence-corrected chi connectivity index (χ4v) is 2.59. The molecule has 0 bridgehead atoms. The van der Waals surface area contributed by atoms with Crippen LogP contribution in [0.15, 0.2) is 36.4 Å². The molecule has 0 aliphatic heterocycles. The van der Waals surface area contributed by atoms with Gasteiger partial charge in [0.05, 0.1) is 15.9 Å². The lowest BCUT2D eigenvalue weighted by Crippen LogP contribution is -1.96. The van der Waals surface area contributed by atoms with Crippen LogP contribution in [0.5, 0.6) is 11.5 Å². The summed E-state index contributed by atoms with van der Waals surface area (Å²) in [5, 5.41) is 21.8. The van der Waals surface area contributed by atoms with E-state index in [9.17, 15) is 20.2 Å². The van der Waals surface area contributed by atoms with Gasteiger partial charge in [-0.2, -0.15) is 0 Å². The molecule has 7 nitrogen and oxygen atoms in total. The summed E-state index contributed by atoms with van der Waals surface area (Å²) < 4.78 is 5.57. The van der Waals surface area contributed by atoms with Gasteiger partial charge in [0.2, 0.25) is 5.75 Å². The van der Waals surface area contributed by atoms with Crippen LogP contribution in [-0.4, -0.2) is 9.85 Å². The van der Waals surface area contributed by atoms with Gasteiger partial charge in [-0.3, -0.25) is 20.2 Å². The first-order chi connectivity index (χ1) is 10.5. The Kier molecular flexibility index (Phi) is 3.46. The quantitative estimate of drug-likeness (QED) is 0.632. The molecule has 0 atom stereocenters. The maximum atomic E-state index is 11.1. The lowest BCUT2D eigenvalue weighted by Gasteiger charge is -2.08. The van der Waals surface area contributed by atoms with E-state index in [0.717, 1.165) is 25.3 Å². The predicted octanol–water partition coefficient (Wildman–Crippen LogP) is 3.78. The summed E-state index contributed by atoms with van der Waals surface area (Å²) in [5.41, 5.74) is 1.69. The van der Waals surface area contributed by atoms with Crippen LogP contribution < -0.4 is 4.74 Å². The Morgan fingerprint density at radius 3 is 2.41 bits per heavy atom. The van der Waals surface area contributed by atoms with Crippen molar-refractivity contribution >= 4 is 11.4 Å². The van der Waals surface area contributed by atoms with Gasteiger partial charge in [0.1, 0.15) is 5.75 Å². The minimum atomic E-state index is -0.685. The molecular formula is C15H12N2O5. The maximum absolute atomic E-state index is 11.1. The topological polar surface area (TPSA) is 95.5 Å². The summed E-state index contributed by atoms with van der Waals surface area (Å²) in [5.74, 6) is 0.492. The van der Waals surface area contributed by atoms with Gasteiger partial charge in [-0.05, 0) is 48.6 Å². The Morgan fingerprint density at radius 1 is 0.909 bits per heavy atom. The van der Waals surface area contributed by atoms with Crippen molar-refractivity contribution in [2.75, 3.05) is 0 Å². The Hall–Kier alpha value is -2.96. The van der Waals surface area contributed by atoms with E-state index < -0.39 is 15.5 Å². The van der Waals surface area contributed by atoms with E-state index in [0.29, 0.717) is 5.75 Å². The number of benzene rings is 2. The van der Waals surface area contributed by atoms with Gasteiger partial charge in [0.25, 0.3) is 5.69 Å². The fourth-order valence-electron chi connectivity index (χ4n) is 2.59. The zero-order valence-electron chi connectivity index (χ0n) is 11.5. The molecule has 1 aliphatic carbocycles. The Labute approximate surface area is 125 Å². The van der Waals surface area contributed by atoms with E-state index in [2.05, 4.69) is 0 Å². The number of ether oxygens (including phenoxy) is 1. The first kappa shape index (κ1) is 14.0. The second-order valence-electron chi connectivity index (χ2n) is 5.05. The molecule has 0 saturated heterocycles. The van der Waals surface area contributed by atoms with Gasteiger partial charge in [0, 0.05) is 6.07 Å². The third-order valence-corrected chi connectivity index (χ3v) is 3.65. The minimum absolute atomic E-state index is 0.00598. The summed E-state index contributed by atoms with van der Waals surface area (Å²) in [4.78, 5) is 20.4. The Bertz CT molecular complexity index is 773. The standard InChI is InChI=1S/C15H12N2O5/c18-16(19)12-5-7-15(14(9-12)17(20)21)22-13-6-4-10-2-1-3-11(10)8-13/h4-9H,1-3H2. The van der Waals surface area contributed by atoms with Gasteiger partial charge in [0.15, 0.2) is 0 Å². The molecule has 3 rings (SSSR count). The molecule has 0 radical (unpaired) electrons. The van der Waals surface area contributed by atoms with Crippen LogP contribution in [-0.2, 0) is 12.8 Å².